The molecule has 23 heteroatoms. The number of urea groups is 2. The Labute approximate surface area is 347 Å². The second-order valence-electron chi connectivity index (χ2n) is 13.1. The van der Waals surface area contributed by atoms with E-state index in [0.29, 0.717) is 24.0 Å². The minimum Gasteiger partial charge on any atom is -0.481 e. The molecule has 0 saturated heterocycles. The zero-order chi connectivity index (χ0) is 44.3. The highest BCUT2D eigenvalue weighted by atomic mass is 33.1. The fraction of sp³-hybridized carbons (Fsp3) is 0.556. The van der Waals surface area contributed by atoms with Crippen LogP contribution in [0.3, 0.4) is 0 Å². The Balaban J connectivity index is 2.64. The third kappa shape index (κ3) is 24.1. The van der Waals surface area contributed by atoms with Crippen molar-refractivity contribution in [3.8, 4) is 0 Å². The van der Waals surface area contributed by atoms with E-state index in [1.807, 2.05) is 6.92 Å². The number of hydrogen-bond acceptors (Lipinski definition) is 12. The predicted molar refractivity (Wildman–Crippen MR) is 213 cm³/mol. The summed E-state index contributed by atoms with van der Waals surface area (Å²) >= 11 is 0. The molecule has 4 atom stereocenters. The highest BCUT2D eigenvalue weighted by Crippen LogP contribution is 2.23. The topological polar surface area (TPSA) is 344 Å². The number of hydrogen-bond donors (Lipinski definition) is 11. The molecule has 0 unspecified atom stereocenters. The van der Waals surface area contributed by atoms with Crippen LogP contribution < -0.4 is 31.9 Å². The van der Waals surface area contributed by atoms with E-state index in [1.54, 1.807) is 24.3 Å². The molecule has 328 valence electrons. The largest absolute Gasteiger partial charge is 0.481 e. The van der Waals surface area contributed by atoms with Crippen LogP contribution in [0.1, 0.15) is 75.8 Å². The number of unbranched alkanes of at least 4 members (excludes halogenated alkanes) is 1. The van der Waals surface area contributed by atoms with Crippen LogP contribution in [0.25, 0.3) is 0 Å². The van der Waals surface area contributed by atoms with E-state index in [9.17, 15) is 68.4 Å². The number of aliphatic carboxylic acids is 5. The van der Waals surface area contributed by atoms with E-state index in [4.69, 9.17) is 5.11 Å². The number of benzene rings is 1. The summed E-state index contributed by atoms with van der Waals surface area (Å²) in [6.07, 6.45) is -1.06. The predicted octanol–water partition coefficient (Wildman–Crippen LogP) is 1.19. The van der Waals surface area contributed by atoms with Crippen molar-refractivity contribution < 1.29 is 73.5 Å². The third-order valence-corrected chi connectivity index (χ3v) is 10.7. The summed E-state index contributed by atoms with van der Waals surface area (Å²) in [5, 5.41) is 60.8. The number of Topliss-reactive ketones (excluding diaryl/α,β-unsaturated/α-hetero) is 1. The summed E-state index contributed by atoms with van der Waals surface area (Å²) in [5.74, 6) is -10.1. The van der Waals surface area contributed by atoms with E-state index < -0.39 is 103 Å². The molecule has 0 heterocycles. The number of carboxylic acids is 5. The van der Waals surface area contributed by atoms with Crippen molar-refractivity contribution in [2.75, 3.05) is 24.6 Å². The molecule has 1 aromatic carbocycles. The van der Waals surface area contributed by atoms with Crippen molar-refractivity contribution in [3.05, 3.63) is 35.4 Å². The van der Waals surface area contributed by atoms with Crippen LogP contribution in [0.15, 0.2) is 24.3 Å². The molecule has 1 aromatic rings. The van der Waals surface area contributed by atoms with E-state index >= 15 is 0 Å². The standard InChI is InChI=1S/C36H52N6O15S2/c1-2-14-58-59-20-26(34(54)55)41-32(51)23(17-30(47)48)16-27(43)25(18-31(49)50)40-28(44)15-21-8-10-22(11-9-21)19-39-35(56)37-12-4-3-6-24(33(52)53)42-36(57)38-13-5-7-29(45)46/h8-11,23-26H,2-7,12-20H2,1H3,(H,40,44)(H,41,51)(H,45,46)(H,47,48)(H,49,50)(H,52,53)(H,54,55)(H2,37,39,56)(H2,38,42,57)/t23-,24-,25-,26-/m0/s1. The summed E-state index contributed by atoms with van der Waals surface area (Å²) in [4.78, 5) is 120. The van der Waals surface area contributed by atoms with Crippen LogP contribution >= 0.6 is 21.6 Å². The molecule has 0 radical (unpaired) electrons. The van der Waals surface area contributed by atoms with Crippen LogP contribution in [-0.4, -0.2) is 128 Å². The molecular formula is C36H52N6O15S2. The minimum atomic E-state index is -1.62. The van der Waals surface area contributed by atoms with Gasteiger partial charge in [-0.1, -0.05) is 52.8 Å². The number of ketones is 1. The molecule has 11 N–H and O–H groups in total. The van der Waals surface area contributed by atoms with Crippen molar-refractivity contribution in [2.45, 2.75) is 95.8 Å². The van der Waals surface area contributed by atoms with Gasteiger partial charge in [0.05, 0.1) is 31.2 Å². The van der Waals surface area contributed by atoms with Gasteiger partial charge in [0.15, 0.2) is 5.78 Å². The lowest BCUT2D eigenvalue weighted by atomic mass is 9.93. The van der Waals surface area contributed by atoms with E-state index in [0.717, 1.165) is 12.2 Å². The molecule has 21 nitrogen and oxygen atoms in total. The lowest BCUT2D eigenvalue weighted by molar-refractivity contribution is -0.145. The minimum absolute atomic E-state index is 0.0315. The maximum Gasteiger partial charge on any atom is 0.327 e. The Morgan fingerprint density at radius 3 is 1.81 bits per heavy atom. The van der Waals surface area contributed by atoms with Gasteiger partial charge in [0.1, 0.15) is 12.1 Å². The summed E-state index contributed by atoms with van der Waals surface area (Å²) in [7, 11) is 2.60. The van der Waals surface area contributed by atoms with Gasteiger partial charge in [0.25, 0.3) is 0 Å². The monoisotopic (exact) mass is 872 g/mol. The summed E-state index contributed by atoms with van der Waals surface area (Å²) in [5.41, 5.74) is 1.10. The van der Waals surface area contributed by atoms with Gasteiger partial charge in [-0.3, -0.25) is 28.8 Å². The number of rotatable bonds is 31. The SMILES string of the molecule is CCCSSC[C@H](NC(=O)[C@H](CC(=O)O)CC(=O)[C@H](CC(=O)O)NC(=O)Cc1ccc(CNC(=O)NCCCC[C@H](NC(=O)NCCCC(=O)O)C(=O)O)cc1)C(=O)O. The highest BCUT2D eigenvalue weighted by Gasteiger charge is 2.32. The van der Waals surface area contributed by atoms with Crippen molar-refractivity contribution in [1.29, 1.82) is 0 Å². The summed E-state index contributed by atoms with van der Waals surface area (Å²) in [6.45, 7) is 2.29. The first-order valence-electron chi connectivity index (χ1n) is 18.5. The van der Waals surface area contributed by atoms with Crippen molar-refractivity contribution >= 4 is 81.1 Å². The molecule has 0 spiro atoms. The first kappa shape index (κ1) is 51.4. The van der Waals surface area contributed by atoms with Crippen LogP contribution in [0.5, 0.6) is 0 Å². The number of amides is 6. The Kier molecular flexibility index (Phi) is 25.1. The van der Waals surface area contributed by atoms with E-state index in [-0.39, 0.29) is 51.1 Å². The second-order valence-corrected chi connectivity index (χ2v) is 15.7. The van der Waals surface area contributed by atoms with Gasteiger partial charge >= 0.3 is 41.9 Å². The van der Waals surface area contributed by atoms with Crippen LogP contribution in [0, 0.1) is 5.92 Å². The Morgan fingerprint density at radius 1 is 0.610 bits per heavy atom. The van der Waals surface area contributed by atoms with Crippen LogP contribution in [0.2, 0.25) is 0 Å². The Morgan fingerprint density at radius 2 is 1.22 bits per heavy atom. The van der Waals surface area contributed by atoms with Gasteiger partial charge in [0.2, 0.25) is 11.8 Å². The average Bonchev–Trinajstić information content (AvgIpc) is 3.15. The molecule has 0 saturated carbocycles. The quantitative estimate of drug-likeness (QED) is 0.0369. The zero-order valence-corrected chi connectivity index (χ0v) is 34.0. The molecule has 59 heavy (non-hydrogen) atoms. The number of carbonyl (C=O) groups excluding carboxylic acids is 5. The van der Waals surface area contributed by atoms with Gasteiger partial charge in [-0.25, -0.2) is 19.2 Å². The molecule has 0 aromatic heterocycles. The first-order valence-corrected chi connectivity index (χ1v) is 21.0. The molecule has 6 amide bonds. The number of carbonyl (C=O) groups is 10. The first-order chi connectivity index (χ1) is 27.9. The lowest BCUT2D eigenvalue weighted by Crippen LogP contribution is -2.48. The third-order valence-electron chi connectivity index (χ3n) is 8.06. The van der Waals surface area contributed by atoms with Crippen molar-refractivity contribution in [3.63, 3.8) is 0 Å². The van der Waals surface area contributed by atoms with Gasteiger partial charge in [-0.2, -0.15) is 0 Å². The van der Waals surface area contributed by atoms with Gasteiger partial charge in [0, 0.05) is 44.0 Å². The maximum absolute atomic E-state index is 13.2. The van der Waals surface area contributed by atoms with Crippen molar-refractivity contribution in [1.82, 2.24) is 31.9 Å². The van der Waals surface area contributed by atoms with Gasteiger partial charge in [-0.15, -0.1) is 0 Å². The van der Waals surface area contributed by atoms with Crippen LogP contribution in [0.4, 0.5) is 9.59 Å². The van der Waals surface area contributed by atoms with E-state index in [1.165, 1.54) is 21.6 Å². The number of carboxylic acid groups (broad SMARTS) is 5. The molecule has 1 rings (SSSR count). The fourth-order valence-electron chi connectivity index (χ4n) is 5.03. The Hall–Kier alpha value is -5.58. The van der Waals surface area contributed by atoms with Crippen LogP contribution in [-0.2, 0) is 51.3 Å². The van der Waals surface area contributed by atoms with Gasteiger partial charge < -0.3 is 57.4 Å². The second kappa shape index (κ2) is 28.8. The summed E-state index contributed by atoms with van der Waals surface area (Å²) in [6, 6.07) is 0.939. The molecule has 0 bridgehead atoms. The molecule has 0 aliphatic rings. The van der Waals surface area contributed by atoms with Crippen molar-refractivity contribution in [2.24, 2.45) is 5.92 Å². The molecular weight excluding hydrogens is 821 g/mol. The van der Waals surface area contributed by atoms with Gasteiger partial charge in [-0.05, 0) is 43.2 Å². The number of nitrogens with one attached hydrogen (secondary N) is 6. The Bertz CT molecular complexity index is 1610. The highest BCUT2D eigenvalue weighted by molar-refractivity contribution is 8.76. The lowest BCUT2D eigenvalue weighted by Gasteiger charge is -2.21. The summed E-state index contributed by atoms with van der Waals surface area (Å²) < 4.78 is 0. The molecule has 0 fully saturated rings. The average molecular weight is 873 g/mol. The zero-order valence-electron chi connectivity index (χ0n) is 32.4. The molecule has 0 aliphatic heterocycles. The fourth-order valence-corrected chi connectivity index (χ4v) is 7.32. The smallest absolute Gasteiger partial charge is 0.327 e. The maximum atomic E-state index is 13.2. The molecule has 0 aliphatic carbocycles. The van der Waals surface area contributed by atoms with E-state index in [2.05, 4.69) is 31.9 Å². The normalized spacial score (nSPS) is 12.7.